The lowest BCUT2D eigenvalue weighted by Crippen LogP contribution is -2.30. The molecule has 1 aliphatic heterocycles. The van der Waals surface area contributed by atoms with Crippen LogP contribution in [0.4, 0.5) is 5.69 Å². The van der Waals surface area contributed by atoms with Crippen molar-refractivity contribution in [3.63, 3.8) is 0 Å². The largest absolute Gasteiger partial charge is 0.330 e. The molecule has 0 aliphatic carbocycles. The van der Waals surface area contributed by atoms with E-state index >= 15 is 0 Å². The quantitative estimate of drug-likeness (QED) is 0.652. The Balaban J connectivity index is 0.00000220. The molecule has 21 heavy (non-hydrogen) atoms. The summed E-state index contributed by atoms with van der Waals surface area (Å²) >= 11 is 5.76. The third kappa shape index (κ3) is 3.64. The molecular weight excluding hydrogens is 341 g/mol. The van der Waals surface area contributed by atoms with Gasteiger partial charge < -0.3 is 5.73 Å². The Labute approximate surface area is 133 Å². The van der Waals surface area contributed by atoms with Crippen LogP contribution in [0.15, 0.2) is 23.1 Å². The van der Waals surface area contributed by atoms with E-state index in [-0.39, 0.29) is 34.8 Å². The van der Waals surface area contributed by atoms with Crippen molar-refractivity contribution >= 4 is 39.7 Å². The summed E-state index contributed by atoms with van der Waals surface area (Å²) in [4.78, 5) is 9.88. The molecule has 1 fully saturated rings. The summed E-state index contributed by atoms with van der Waals surface area (Å²) in [7, 11) is -3.93. The first kappa shape index (κ1) is 18.1. The second-order valence-corrected chi connectivity index (χ2v) is 6.97. The van der Waals surface area contributed by atoms with Crippen LogP contribution in [0.1, 0.15) is 6.42 Å². The van der Waals surface area contributed by atoms with E-state index in [9.17, 15) is 18.5 Å². The van der Waals surface area contributed by atoms with E-state index in [1.807, 2.05) is 0 Å². The van der Waals surface area contributed by atoms with Crippen LogP contribution < -0.4 is 5.73 Å². The van der Waals surface area contributed by atoms with E-state index in [2.05, 4.69) is 0 Å². The predicted octanol–water partition coefficient (Wildman–Crippen LogP) is 1.64. The second-order valence-electron chi connectivity index (χ2n) is 4.62. The van der Waals surface area contributed by atoms with Crippen LogP contribution in [0.3, 0.4) is 0 Å². The van der Waals surface area contributed by atoms with E-state index in [1.165, 1.54) is 10.4 Å². The van der Waals surface area contributed by atoms with E-state index in [0.717, 1.165) is 12.1 Å². The highest BCUT2D eigenvalue weighted by molar-refractivity contribution is 7.89. The number of benzene rings is 1. The van der Waals surface area contributed by atoms with Gasteiger partial charge in [-0.15, -0.1) is 12.4 Å². The third-order valence-corrected chi connectivity index (χ3v) is 5.45. The van der Waals surface area contributed by atoms with E-state index in [4.69, 9.17) is 17.3 Å². The average molecular weight is 356 g/mol. The Bertz CT molecular complexity index is 638. The molecule has 0 bridgehead atoms. The molecule has 2 N–H and O–H groups in total. The number of nitrogens with zero attached hydrogens (tertiary/aromatic N) is 2. The van der Waals surface area contributed by atoms with E-state index in [0.29, 0.717) is 19.5 Å². The van der Waals surface area contributed by atoms with Crippen molar-refractivity contribution in [2.24, 2.45) is 11.7 Å². The van der Waals surface area contributed by atoms with Crippen molar-refractivity contribution in [3.05, 3.63) is 33.3 Å². The minimum absolute atomic E-state index is 0. The fraction of sp³-hybridized carbons (Fsp3) is 0.455. The van der Waals surface area contributed by atoms with Gasteiger partial charge in [0.1, 0.15) is 0 Å². The van der Waals surface area contributed by atoms with Crippen LogP contribution in [0.2, 0.25) is 5.02 Å². The molecule has 1 heterocycles. The molecule has 1 atom stereocenters. The van der Waals surface area contributed by atoms with Crippen LogP contribution in [-0.4, -0.2) is 37.3 Å². The molecule has 0 radical (unpaired) electrons. The first-order valence-corrected chi connectivity index (χ1v) is 7.82. The average Bonchev–Trinajstić information content (AvgIpc) is 2.87. The Morgan fingerprint density at radius 3 is 2.67 bits per heavy atom. The van der Waals surface area contributed by atoms with Crippen molar-refractivity contribution in [1.82, 2.24) is 4.31 Å². The van der Waals surface area contributed by atoms with Crippen LogP contribution in [0.25, 0.3) is 0 Å². The lowest BCUT2D eigenvalue weighted by atomic mass is 10.1. The van der Waals surface area contributed by atoms with Crippen molar-refractivity contribution < 1.29 is 13.3 Å². The summed E-state index contributed by atoms with van der Waals surface area (Å²) in [6.45, 7) is 0.986. The summed E-state index contributed by atoms with van der Waals surface area (Å²) < 4.78 is 26.2. The standard InChI is InChI=1S/C11H14ClN3O4S.ClH/c12-9-1-2-10(15(16)17)11(5-9)20(18,19)14-4-3-8(6-13)7-14;/h1-2,5,8H,3-4,6-7,13H2;1H. The summed E-state index contributed by atoms with van der Waals surface area (Å²) in [5.41, 5.74) is 5.06. The van der Waals surface area contributed by atoms with Crippen molar-refractivity contribution in [1.29, 1.82) is 0 Å². The smallest absolute Gasteiger partial charge is 0.289 e. The molecule has 2 rings (SSSR count). The number of nitrogens with two attached hydrogens (primary N) is 1. The molecule has 10 heteroatoms. The molecule has 118 valence electrons. The number of rotatable bonds is 4. The number of nitro benzene ring substituents is 1. The minimum Gasteiger partial charge on any atom is -0.330 e. The van der Waals surface area contributed by atoms with Crippen LogP contribution in [-0.2, 0) is 10.0 Å². The van der Waals surface area contributed by atoms with Gasteiger partial charge in [-0.25, -0.2) is 8.42 Å². The zero-order valence-corrected chi connectivity index (χ0v) is 13.3. The maximum atomic E-state index is 12.5. The van der Waals surface area contributed by atoms with Crippen LogP contribution in [0, 0.1) is 16.0 Å². The zero-order valence-electron chi connectivity index (χ0n) is 10.9. The van der Waals surface area contributed by atoms with Gasteiger partial charge in [0.2, 0.25) is 10.0 Å². The molecule has 1 saturated heterocycles. The molecule has 0 saturated carbocycles. The van der Waals surface area contributed by atoms with Crippen LogP contribution in [0.5, 0.6) is 0 Å². The van der Waals surface area contributed by atoms with Gasteiger partial charge in [-0.05, 0) is 31.0 Å². The number of halogens is 2. The molecule has 0 aromatic heterocycles. The monoisotopic (exact) mass is 355 g/mol. The van der Waals surface area contributed by atoms with E-state index in [1.54, 1.807) is 0 Å². The van der Waals surface area contributed by atoms with Gasteiger partial charge in [0.15, 0.2) is 4.90 Å². The maximum absolute atomic E-state index is 12.5. The maximum Gasteiger partial charge on any atom is 0.289 e. The molecule has 1 aliphatic rings. The Hall–Kier alpha value is -0.930. The fourth-order valence-corrected chi connectivity index (χ4v) is 4.14. The van der Waals surface area contributed by atoms with Crippen molar-refractivity contribution in [3.8, 4) is 0 Å². The Morgan fingerprint density at radius 1 is 1.48 bits per heavy atom. The first-order valence-electron chi connectivity index (χ1n) is 6.00. The minimum atomic E-state index is -3.93. The zero-order chi connectivity index (χ0) is 14.9. The van der Waals surface area contributed by atoms with Crippen LogP contribution >= 0.6 is 24.0 Å². The van der Waals surface area contributed by atoms with E-state index < -0.39 is 20.6 Å². The van der Waals surface area contributed by atoms with Gasteiger partial charge >= 0.3 is 0 Å². The van der Waals surface area contributed by atoms with Gasteiger partial charge in [-0.2, -0.15) is 4.31 Å². The highest BCUT2D eigenvalue weighted by Gasteiger charge is 2.36. The topological polar surface area (TPSA) is 107 Å². The predicted molar refractivity (Wildman–Crippen MR) is 81.3 cm³/mol. The van der Waals surface area contributed by atoms with Gasteiger partial charge in [-0.1, -0.05) is 11.6 Å². The Morgan fingerprint density at radius 2 is 2.14 bits per heavy atom. The fourth-order valence-electron chi connectivity index (χ4n) is 2.19. The molecule has 7 nitrogen and oxygen atoms in total. The highest BCUT2D eigenvalue weighted by atomic mass is 35.5. The molecule has 1 aromatic rings. The van der Waals surface area contributed by atoms with Gasteiger partial charge in [-0.3, -0.25) is 10.1 Å². The number of sulfonamides is 1. The van der Waals surface area contributed by atoms with Gasteiger partial charge in [0, 0.05) is 24.2 Å². The number of nitro groups is 1. The highest BCUT2D eigenvalue weighted by Crippen LogP contribution is 2.31. The van der Waals surface area contributed by atoms with Gasteiger partial charge in [0.25, 0.3) is 5.69 Å². The summed E-state index contributed by atoms with van der Waals surface area (Å²) in [6.07, 6.45) is 0.657. The van der Waals surface area contributed by atoms with Gasteiger partial charge in [0.05, 0.1) is 4.92 Å². The SMILES string of the molecule is Cl.NCC1CCN(S(=O)(=O)c2cc(Cl)ccc2[N+](=O)[O-])C1. The summed E-state index contributed by atoms with van der Waals surface area (Å²) in [6, 6.07) is 3.52. The normalized spacial score (nSPS) is 19.2. The molecule has 0 spiro atoms. The third-order valence-electron chi connectivity index (χ3n) is 3.32. The number of hydrogen-bond donors (Lipinski definition) is 1. The molecule has 0 amide bonds. The first-order chi connectivity index (χ1) is 9.36. The molecule has 1 unspecified atom stereocenters. The lowest BCUT2D eigenvalue weighted by molar-refractivity contribution is -0.387. The van der Waals surface area contributed by atoms with Crippen molar-refractivity contribution in [2.45, 2.75) is 11.3 Å². The second kappa shape index (κ2) is 6.89. The lowest BCUT2D eigenvalue weighted by Gasteiger charge is -2.16. The summed E-state index contributed by atoms with van der Waals surface area (Å²) in [5.74, 6) is 0.0861. The number of hydrogen-bond acceptors (Lipinski definition) is 5. The van der Waals surface area contributed by atoms with Crippen molar-refractivity contribution in [2.75, 3.05) is 19.6 Å². The molecule has 1 aromatic carbocycles. The Kier molecular flexibility index (Phi) is 5.94. The summed E-state index contributed by atoms with van der Waals surface area (Å²) in [5, 5.41) is 11.1. The molecular formula is C11H15Cl2N3O4S.